The minimum absolute atomic E-state index is 0.681. The van der Waals surface area contributed by atoms with Crippen molar-refractivity contribution in [2.24, 2.45) is 5.73 Å². The molecule has 64 valence electrons. The van der Waals surface area contributed by atoms with Crippen LogP contribution >= 0.6 is 22.9 Å². The molecular formula is C8H14ClNS. The maximum Gasteiger partial charge on any atom is 0.0545 e. The van der Waals surface area contributed by atoms with Gasteiger partial charge >= 0.3 is 0 Å². The minimum atomic E-state index is 0.681. The van der Waals surface area contributed by atoms with Crippen LogP contribution in [0.3, 0.4) is 0 Å². The fraction of sp³-hybridized carbons (Fsp3) is 0.500. The number of hydrogen-bond donors (Lipinski definition) is 1. The van der Waals surface area contributed by atoms with Crippen molar-refractivity contribution < 1.29 is 0 Å². The van der Waals surface area contributed by atoms with Gasteiger partial charge in [0.1, 0.15) is 0 Å². The molecule has 0 aliphatic heterocycles. The highest BCUT2D eigenvalue weighted by molar-refractivity contribution is 7.10. The van der Waals surface area contributed by atoms with Gasteiger partial charge in [-0.05, 0) is 24.4 Å². The molecule has 0 aliphatic carbocycles. The van der Waals surface area contributed by atoms with E-state index in [0.717, 1.165) is 11.4 Å². The SMILES string of the molecule is CC.NCCc1sccc1Cl. The van der Waals surface area contributed by atoms with Crippen LogP contribution in [0.1, 0.15) is 18.7 Å². The van der Waals surface area contributed by atoms with Crippen molar-refractivity contribution in [3.05, 3.63) is 21.3 Å². The minimum Gasteiger partial charge on any atom is -0.330 e. The van der Waals surface area contributed by atoms with Crippen LogP contribution in [-0.2, 0) is 6.42 Å². The summed E-state index contributed by atoms with van der Waals surface area (Å²) in [7, 11) is 0. The Morgan fingerprint density at radius 2 is 2.18 bits per heavy atom. The second-order valence-corrected chi connectivity index (χ2v) is 3.14. The summed E-state index contributed by atoms with van der Waals surface area (Å²) >= 11 is 7.44. The molecule has 1 nitrogen and oxygen atoms in total. The molecule has 0 amide bonds. The Labute approximate surface area is 77.2 Å². The Hall–Kier alpha value is -0.0500. The molecule has 1 heterocycles. The summed E-state index contributed by atoms with van der Waals surface area (Å²) in [6, 6.07) is 1.90. The standard InChI is InChI=1S/C6H8ClNS.C2H6/c7-5-2-4-9-6(5)1-3-8;1-2/h2,4H,1,3,8H2;1-2H3. The quantitative estimate of drug-likeness (QED) is 0.765. The topological polar surface area (TPSA) is 26.0 Å². The van der Waals surface area contributed by atoms with Crippen molar-refractivity contribution in [2.45, 2.75) is 20.3 Å². The Kier molecular flexibility index (Phi) is 6.62. The van der Waals surface area contributed by atoms with Crippen LogP contribution in [0.5, 0.6) is 0 Å². The van der Waals surface area contributed by atoms with E-state index in [1.165, 1.54) is 4.88 Å². The highest BCUT2D eigenvalue weighted by Gasteiger charge is 1.97. The molecule has 0 fully saturated rings. The zero-order chi connectivity index (χ0) is 8.69. The van der Waals surface area contributed by atoms with Crippen LogP contribution in [-0.4, -0.2) is 6.54 Å². The lowest BCUT2D eigenvalue weighted by atomic mass is 10.3. The predicted octanol–water partition coefficient (Wildman–Crippen LogP) is 2.93. The van der Waals surface area contributed by atoms with Gasteiger partial charge in [-0.15, -0.1) is 11.3 Å². The van der Waals surface area contributed by atoms with Crippen molar-refractivity contribution >= 4 is 22.9 Å². The van der Waals surface area contributed by atoms with Crippen LogP contribution in [0.15, 0.2) is 11.4 Å². The molecule has 0 unspecified atom stereocenters. The van der Waals surface area contributed by atoms with Crippen molar-refractivity contribution in [3.8, 4) is 0 Å². The largest absolute Gasteiger partial charge is 0.330 e. The Morgan fingerprint density at radius 3 is 2.55 bits per heavy atom. The molecular weight excluding hydrogens is 178 g/mol. The van der Waals surface area contributed by atoms with Gasteiger partial charge in [0, 0.05) is 4.88 Å². The third kappa shape index (κ3) is 3.75. The van der Waals surface area contributed by atoms with E-state index in [1.807, 2.05) is 25.3 Å². The first-order valence-electron chi connectivity index (χ1n) is 3.76. The average Bonchev–Trinajstić information content (AvgIpc) is 2.42. The van der Waals surface area contributed by atoms with E-state index < -0.39 is 0 Å². The second-order valence-electron chi connectivity index (χ2n) is 1.73. The fourth-order valence-corrected chi connectivity index (χ4v) is 1.79. The van der Waals surface area contributed by atoms with Gasteiger partial charge < -0.3 is 5.73 Å². The molecule has 3 heteroatoms. The lowest BCUT2D eigenvalue weighted by Crippen LogP contribution is -2.00. The zero-order valence-corrected chi connectivity index (χ0v) is 8.50. The number of thiophene rings is 1. The van der Waals surface area contributed by atoms with Gasteiger partial charge in [-0.2, -0.15) is 0 Å². The highest BCUT2D eigenvalue weighted by Crippen LogP contribution is 2.21. The van der Waals surface area contributed by atoms with E-state index in [2.05, 4.69) is 0 Å². The first kappa shape index (κ1) is 11.0. The summed E-state index contributed by atoms with van der Waals surface area (Å²) in [4.78, 5) is 1.19. The third-order valence-corrected chi connectivity index (χ3v) is 2.51. The van der Waals surface area contributed by atoms with E-state index in [4.69, 9.17) is 17.3 Å². The van der Waals surface area contributed by atoms with Crippen LogP contribution < -0.4 is 5.73 Å². The van der Waals surface area contributed by atoms with Gasteiger partial charge in [0.2, 0.25) is 0 Å². The van der Waals surface area contributed by atoms with Crippen molar-refractivity contribution in [2.75, 3.05) is 6.54 Å². The molecule has 1 aromatic rings. The van der Waals surface area contributed by atoms with E-state index >= 15 is 0 Å². The molecule has 0 saturated carbocycles. The Bertz CT molecular complexity index is 186. The number of hydrogen-bond acceptors (Lipinski definition) is 2. The smallest absolute Gasteiger partial charge is 0.0545 e. The summed E-state index contributed by atoms with van der Waals surface area (Å²) < 4.78 is 0. The van der Waals surface area contributed by atoms with Crippen molar-refractivity contribution in [1.82, 2.24) is 0 Å². The van der Waals surface area contributed by atoms with Gasteiger partial charge in [0.25, 0.3) is 0 Å². The molecule has 0 bridgehead atoms. The van der Waals surface area contributed by atoms with E-state index in [-0.39, 0.29) is 0 Å². The number of nitrogens with two attached hydrogens (primary N) is 1. The normalized spacial score (nSPS) is 8.73. The van der Waals surface area contributed by atoms with E-state index in [0.29, 0.717) is 6.54 Å². The summed E-state index contributed by atoms with van der Waals surface area (Å²) in [6.07, 6.45) is 0.899. The van der Waals surface area contributed by atoms with E-state index in [9.17, 15) is 0 Å². The van der Waals surface area contributed by atoms with Gasteiger partial charge in [-0.1, -0.05) is 25.4 Å². The summed E-state index contributed by atoms with van der Waals surface area (Å²) in [5.41, 5.74) is 5.34. The van der Waals surface area contributed by atoms with E-state index in [1.54, 1.807) is 11.3 Å². The second kappa shape index (κ2) is 6.65. The molecule has 0 aromatic carbocycles. The summed E-state index contributed by atoms with van der Waals surface area (Å²) in [5, 5.41) is 2.83. The lowest BCUT2D eigenvalue weighted by Gasteiger charge is -1.90. The van der Waals surface area contributed by atoms with Gasteiger partial charge in [0.15, 0.2) is 0 Å². The summed E-state index contributed by atoms with van der Waals surface area (Å²) in [6.45, 7) is 4.68. The van der Waals surface area contributed by atoms with Gasteiger partial charge in [-0.25, -0.2) is 0 Å². The molecule has 1 rings (SSSR count). The number of rotatable bonds is 2. The highest BCUT2D eigenvalue weighted by atomic mass is 35.5. The first-order valence-corrected chi connectivity index (χ1v) is 5.02. The first-order chi connectivity index (χ1) is 5.34. The molecule has 0 atom stereocenters. The summed E-state index contributed by atoms with van der Waals surface area (Å²) in [5.74, 6) is 0. The monoisotopic (exact) mass is 191 g/mol. The Balaban J connectivity index is 0.000000461. The van der Waals surface area contributed by atoms with Crippen LogP contribution in [0.25, 0.3) is 0 Å². The molecule has 0 radical (unpaired) electrons. The molecule has 0 spiro atoms. The Morgan fingerprint density at radius 1 is 1.55 bits per heavy atom. The molecule has 2 N–H and O–H groups in total. The average molecular weight is 192 g/mol. The lowest BCUT2D eigenvalue weighted by molar-refractivity contribution is 0.989. The fourth-order valence-electron chi connectivity index (χ4n) is 0.635. The maximum atomic E-state index is 5.77. The molecule has 1 aromatic heterocycles. The van der Waals surface area contributed by atoms with Crippen LogP contribution in [0, 0.1) is 0 Å². The van der Waals surface area contributed by atoms with Crippen molar-refractivity contribution in [3.63, 3.8) is 0 Å². The van der Waals surface area contributed by atoms with Crippen LogP contribution in [0.2, 0.25) is 5.02 Å². The van der Waals surface area contributed by atoms with Crippen molar-refractivity contribution in [1.29, 1.82) is 0 Å². The molecule has 0 aliphatic rings. The zero-order valence-electron chi connectivity index (χ0n) is 6.93. The predicted molar refractivity (Wildman–Crippen MR) is 53.4 cm³/mol. The molecule has 0 saturated heterocycles. The van der Waals surface area contributed by atoms with Gasteiger partial charge in [0.05, 0.1) is 5.02 Å². The molecule has 11 heavy (non-hydrogen) atoms. The van der Waals surface area contributed by atoms with Crippen LogP contribution in [0.4, 0.5) is 0 Å². The van der Waals surface area contributed by atoms with Gasteiger partial charge in [-0.3, -0.25) is 0 Å². The number of halogens is 1. The third-order valence-electron chi connectivity index (χ3n) is 1.06. The maximum absolute atomic E-state index is 5.77.